The van der Waals surface area contributed by atoms with E-state index >= 15 is 0 Å². The molecule has 0 heterocycles. The molecule has 0 bridgehead atoms. The summed E-state index contributed by atoms with van der Waals surface area (Å²) in [6.45, 7) is 3.42. The van der Waals surface area contributed by atoms with Crippen LogP contribution in [0.4, 0.5) is 0 Å². The second-order valence-corrected chi connectivity index (χ2v) is 4.97. The smallest absolute Gasteiger partial charge is 0.325 e. The topological polar surface area (TPSA) is 55.4 Å². The van der Waals surface area contributed by atoms with Gasteiger partial charge in [-0.15, -0.1) is 0 Å². The Morgan fingerprint density at radius 3 is 2.41 bits per heavy atom. The molecule has 1 rings (SSSR count). The highest BCUT2D eigenvalue weighted by Gasteiger charge is 2.09. The van der Waals surface area contributed by atoms with Gasteiger partial charge >= 0.3 is 5.97 Å². The number of rotatable bonds is 4. The lowest BCUT2D eigenvalue weighted by Gasteiger charge is -2.08. The van der Waals surface area contributed by atoms with Gasteiger partial charge in [0.1, 0.15) is 6.54 Å². The minimum absolute atomic E-state index is 0.108. The molecule has 1 amide bonds. The van der Waals surface area contributed by atoms with Crippen molar-refractivity contribution >= 4 is 34.5 Å². The summed E-state index contributed by atoms with van der Waals surface area (Å²) in [5.41, 5.74) is 0.530. The maximum atomic E-state index is 11.6. The van der Waals surface area contributed by atoms with Crippen molar-refractivity contribution in [3.8, 4) is 0 Å². The van der Waals surface area contributed by atoms with Crippen molar-refractivity contribution in [1.29, 1.82) is 0 Å². The third kappa shape index (κ3) is 5.16. The van der Waals surface area contributed by atoms with Crippen LogP contribution in [0.2, 0.25) is 0 Å². The lowest BCUT2D eigenvalue weighted by molar-refractivity contribution is -0.146. The molecule has 17 heavy (non-hydrogen) atoms. The van der Waals surface area contributed by atoms with Crippen molar-refractivity contribution in [3.05, 3.63) is 33.4 Å². The van der Waals surface area contributed by atoms with Crippen molar-refractivity contribution < 1.29 is 14.3 Å². The van der Waals surface area contributed by atoms with Gasteiger partial charge in [0, 0.05) is 9.13 Å². The van der Waals surface area contributed by atoms with Crippen molar-refractivity contribution in [2.75, 3.05) is 6.54 Å². The van der Waals surface area contributed by atoms with E-state index in [4.69, 9.17) is 4.74 Å². The normalized spacial score (nSPS) is 10.1. The fourth-order valence-corrected chi connectivity index (χ4v) is 1.52. The van der Waals surface area contributed by atoms with E-state index in [1.54, 1.807) is 26.0 Å². The second-order valence-electron chi connectivity index (χ2n) is 3.73. The van der Waals surface area contributed by atoms with Crippen LogP contribution in [-0.2, 0) is 9.53 Å². The van der Waals surface area contributed by atoms with Gasteiger partial charge in [0.05, 0.1) is 6.10 Å². The summed E-state index contributed by atoms with van der Waals surface area (Å²) in [7, 11) is 0. The summed E-state index contributed by atoms with van der Waals surface area (Å²) in [4.78, 5) is 22.8. The van der Waals surface area contributed by atoms with Gasteiger partial charge < -0.3 is 10.1 Å². The fourth-order valence-electron chi connectivity index (χ4n) is 1.16. The third-order valence-corrected chi connectivity index (χ3v) is 2.59. The van der Waals surface area contributed by atoms with Gasteiger partial charge in [-0.05, 0) is 60.7 Å². The molecule has 0 spiro atoms. The number of carbonyl (C=O) groups is 2. The van der Waals surface area contributed by atoms with E-state index in [9.17, 15) is 9.59 Å². The summed E-state index contributed by atoms with van der Waals surface area (Å²) in [5, 5.41) is 2.51. The maximum absolute atomic E-state index is 11.6. The van der Waals surface area contributed by atoms with Gasteiger partial charge in [0.2, 0.25) is 0 Å². The Kier molecular flexibility index (Phi) is 5.40. The van der Waals surface area contributed by atoms with Gasteiger partial charge in [-0.3, -0.25) is 9.59 Å². The zero-order valence-electron chi connectivity index (χ0n) is 9.70. The molecule has 0 aromatic heterocycles. The Bertz CT molecular complexity index is 401. The largest absolute Gasteiger partial charge is 0.462 e. The molecular formula is C12H14INO3. The van der Waals surface area contributed by atoms with Crippen LogP contribution in [0.3, 0.4) is 0 Å². The van der Waals surface area contributed by atoms with E-state index in [1.165, 1.54) is 0 Å². The average Bonchev–Trinajstić information content (AvgIpc) is 2.26. The molecular weight excluding hydrogens is 333 g/mol. The standard InChI is InChI=1S/C12H14INO3/c1-8(2)17-11(15)7-14-12(16)9-3-5-10(13)6-4-9/h3-6,8H,7H2,1-2H3,(H,14,16). The third-order valence-electron chi connectivity index (χ3n) is 1.87. The van der Waals surface area contributed by atoms with Crippen molar-refractivity contribution in [2.45, 2.75) is 20.0 Å². The summed E-state index contributed by atoms with van der Waals surface area (Å²) in [5.74, 6) is -0.707. The van der Waals surface area contributed by atoms with Gasteiger partial charge in [-0.1, -0.05) is 0 Å². The SMILES string of the molecule is CC(C)OC(=O)CNC(=O)c1ccc(I)cc1. The summed E-state index contributed by atoms with van der Waals surface area (Å²) in [6, 6.07) is 7.10. The predicted molar refractivity (Wildman–Crippen MR) is 72.7 cm³/mol. The Balaban J connectivity index is 2.45. The number of amides is 1. The second kappa shape index (κ2) is 6.58. The van der Waals surface area contributed by atoms with Gasteiger partial charge in [0.25, 0.3) is 5.91 Å². The first-order valence-electron chi connectivity index (χ1n) is 5.22. The van der Waals surface area contributed by atoms with E-state index in [0.717, 1.165) is 3.57 Å². The number of carbonyl (C=O) groups excluding carboxylic acids is 2. The highest BCUT2D eigenvalue weighted by Crippen LogP contribution is 2.06. The maximum Gasteiger partial charge on any atom is 0.325 e. The Morgan fingerprint density at radius 1 is 1.29 bits per heavy atom. The van der Waals surface area contributed by atoms with Crippen LogP contribution in [0.15, 0.2) is 24.3 Å². The van der Waals surface area contributed by atoms with Crippen molar-refractivity contribution in [3.63, 3.8) is 0 Å². The quantitative estimate of drug-likeness (QED) is 0.669. The molecule has 0 atom stereocenters. The van der Waals surface area contributed by atoms with E-state index in [0.29, 0.717) is 5.56 Å². The molecule has 1 aromatic rings. The van der Waals surface area contributed by atoms with Gasteiger partial charge in [-0.25, -0.2) is 0 Å². The van der Waals surface area contributed by atoms with E-state index in [1.807, 2.05) is 12.1 Å². The van der Waals surface area contributed by atoms with E-state index in [2.05, 4.69) is 27.9 Å². The number of esters is 1. The highest BCUT2D eigenvalue weighted by molar-refractivity contribution is 14.1. The Labute approximate surface area is 114 Å². The number of halogens is 1. The Hall–Kier alpha value is -1.11. The van der Waals surface area contributed by atoms with E-state index < -0.39 is 5.97 Å². The van der Waals surface area contributed by atoms with Crippen LogP contribution in [-0.4, -0.2) is 24.5 Å². The highest BCUT2D eigenvalue weighted by atomic mass is 127. The molecule has 0 aliphatic carbocycles. The van der Waals surface area contributed by atoms with Crippen molar-refractivity contribution in [2.24, 2.45) is 0 Å². The predicted octanol–water partition coefficient (Wildman–Crippen LogP) is 1.97. The van der Waals surface area contributed by atoms with Crippen LogP contribution in [0.25, 0.3) is 0 Å². The number of benzene rings is 1. The molecule has 92 valence electrons. The van der Waals surface area contributed by atoms with Crippen LogP contribution >= 0.6 is 22.6 Å². The zero-order chi connectivity index (χ0) is 12.8. The molecule has 0 radical (unpaired) electrons. The summed E-state index contributed by atoms with van der Waals surface area (Å²) >= 11 is 2.16. The lowest BCUT2D eigenvalue weighted by atomic mass is 10.2. The molecule has 4 nitrogen and oxygen atoms in total. The van der Waals surface area contributed by atoms with E-state index in [-0.39, 0.29) is 18.6 Å². The summed E-state index contributed by atoms with van der Waals surface area (Å²) in [6.07, 6.45) is -0.169. The van der Waals surface area contributed by atoms with Gasteiger partial charge in [-0.2, -0.15) is 0 Å². The molecule has 0 aliphatic heterocycles. The molecule has 0 aliphatic rings. The average molecular weight is 347 g/mol. The van der Waals surface area contributed by atoms with Gasteiger partial charge in [0.15, 0.2) is 0 Å². The zero-order valence-corrected chi connectivity index (χ0v) is 11.9. The molecule has 0 saturated heterocycles. The molecule has 5 heteroatoms. The monoisotopic (exact) mass is 347 g/mol. The Morgan fingerprint density at radius 2 is 1.88 bits per heavy atom. The molecule has 0 saturated carbocycles. The van der Waals surface area contributed by atoms with Crippen LogP contribution < -0.4 is 5.32 Å². The first-order valence-corrected chi connectivity index (χ1v) is 6.30. The number of nitrogens with one attached hydrogen (secondary N) is 1. The molecule has 0 unspecified atom stereocenters. The summed E-state index contributed by atoms with van der Waals surface area (Å²) < 4.78 is 5.95. The number of ether oxygens (including phenoxy) is 1. The van der Waals surface area contributed by atoms with Crippen LogP contribution in [0, 0.1) is 3.57 Å². The van der Waals surface area contributed by atoms with Crippen LogP contribution in [0.1, 0.15) is 24.2 Å². The minimum Gasteiger partial charge on any atom is -0.462 e. The number of hydrogen-bond acceptors (Lipinski definition) is 3. The molecule has 1 aromatic carbocycles. The van der Waals surface area contributed by atoms with Crippen molar-refractivity contribution in [1.82, 2.24) is 5.32 Å². The molecule has 0 fully saturated rings. The first-order chi connectivity index (χ1) is 7.99. The van der Waals surface area contributed by atoms with Crippen LogP contribution in [0.5, 0.6) is 0 Å². The number of hydrogen-bond donors (Lipinski definition) is 1. The lowest BCUT2D eigenvalue weighted by Crippen LogP contribution is -2.31. The minimum atomic E-state index is -0.432. The fraction of sp³-hybridized carbons (Fsp3) is 0.333. The molecule has 1 N–H and O–H groups in total. The first kappa shape index (κ1) is 14.0.